The Morgan fingerprint density at radius 3 is 2.17 bits per heavy atom. The molecule has 0 bridgehead atoms. The van der Waals surface area contributed by atoms with E-state index in [4.69, 9.17) is 5.73 Å². The lowest BCUT2D eigenvalue weighted by Crippen LogP contribution is -2.44. The van der Waals surface area contributed by atoms with Crippen molar-refractivity contribution in [2.24, 2.45) is 10.7 Å². The van der Waals surface area contributed by atoms with Gasteiger partial charge in [-0.2, -0.15) is 26.3 Å². The van der Waals surface area contributed by atoms with Crippen molar-refractivity contribution in [3.63, 3.8) is 0 Å². The zero-order valence-corrected chi connectivity index (χ0v) is 18.0. The number of hydrogen-bond acceptors (Lipinski definition) is 4. The van der Waals surface area contributed by atoms with Crippen molar-refractivity contribution in [2.75, 3.05) is 20.1 Å². The van der Waals surface area contributed by atoms with Crippen LogP contribution in [0.2, 0.25) is 0 Å². The maximum atomic E-state index is 14.8. The van der Waals surface area contributed by atoms with Crippen molar-refractivity contribution < 1.29 is 35.1 Å². The van der Waals surface area contributed by atoms with E-state index in [2.05, 4.69) is 10.3 Å². The lowest BCUT2D eigenvalue weighted by atomic mass is 9.87. The van der Waals surface area contributed by atoms with Gasteiger partial charge in [0.2, 0.25) is 0 Å². The largest absolute Gasteiger partial charge is 0.417 e. The van der Waals surface area contributed by atoms with Crippen molar-refractivity contribution in [3.05, 3.63) is 87.1 Å². The van der Waals surface area contributed by atoms with E-state index in [0.717, 1.165) is 36.4 Å². The van der Waals surface area contributed by atoms with E-state index < -0.39 is 52.3 Å². The van der Waals surface area contributed by atoms with Crippen LogP contribution in [0.1, 0.15) is 28.3 Å². The smallest absolute Gasteiger partial charge is 0.370 e. The van der Waals surface area contributed by atoms with Gasteiger partial charge in [0.05, 0.1) is 11.1 Å². The number of aliphatic imine (C=N–C) groups is 1. The van der Waals surface area contributed by atoms with Gasteiger partial charge in [0.1, 0.15) is 17.7 Å². The van der Waals surface area contributed by atoms with Gasteiger partial charge in [0, 0.05) is 29.9 Å². The third-order valence-corrected chi connectivity index (χ3v) is 5.68. The molecule has 186 valence electrons. The average Bonchev–Trinajstić information content (AvgIpc) is 2.73. The molecule has 3 N–H and O–H groups in total. The van der Waals surface area contributed by atoms with Crippen LogP contribution in [0.3, 0.4) is 0 Å². The lowest BCUT2D eigenvalue weighted by molar-refractivity contribution is -0.139. The number of alkyl halides is 6. The summed E-state index contributed by atoms with van der Waals surface area (Å²) in [7, 11) is 1.56. The van der Waals surface area contributed by atoms with Gasteiger partial charge in [0.15, 0.2) is 5.96 Å². The van der Waals surface area contributed by atoms with Crippen molar-refractivity contribution in [1.29, 1.82) is 0 Å². The van der Waals surface area contributed by atoms with Gasteiger partial charge in [-0.05, 0) is 48.5 Å². The number of halogens is 8. The molecule has 1 atom stereocenters. The maximum Gasteiger partial charge on any atom is 0.417 e. The second-order valence-electron chi connectivity index (χ2n) is 8.18. The third-order valence-electron chi connectivity index (χ3n) is 5.68. The summed E-state index contributed by atoms with van der Waals surface area (Å²) in [5.74, 6) is -2.65. The van der Waals surface area contributed by atoms with Gasteiger partial charge in [-0.25, -0.2) is 13.8 Å². The molecule has 0 saturated carbocycles. The molecular weight excluding hydrogens is 484 g/mol. The predicted molar refractivity (Wildman–Crippen MR) is 113 cm³/mol. The lowest BCUT2D eigenvalue weighted by Gasteiger charge is -2.36. The molecule has 0 amide bonds. The number of rotatable bonds is 2. The first-order chi connectivity index (χ1) is 16.3. The highest BCUT2D eigenvalue weighted by atomic mass is 19.4. The highest BCUT2D eigenvalue weighted by Crippen LogP contribution is 2.43. The second-order valence-corrected chi connectivity index (χ2v) is 8.18. The SMILES string of the molecule is CN1CC2=C(NC(N)=NC2c2c(F)cccc2C(F)(F)F)/C(=C/c2c(F)cccc2C(F)(F)F)C1. The summed E-state index contributed by atoms with van der Waals surface area (Å²) in [6, 6.07) is 3.50. The summed E-state index contributed by atoms with van der Waals surface area (Å²) in [6.45, 7) is 0.0248. The van der Waals surface area contributed by atoms with Gasteiger partial charge < -0.3 is 11.1 Å². The Morgan fingerprint density at radius 2 is 1.54 bits per heavy atom. The normalized spacial score (nSPS) is 20.5. The Balaban J connectivity index is 1.94. The van der Waals surface area contributed by atoms with Crippen LogP contribution in [-0.4, -0.2) is 31.0 Å². The zero-order chi connectivity index (χ0) is 25.7. The fraction of sp³-hybridized carbons (Fsp3) is 0.261. The Kier molecular flexibility index (Phi) is 6.12. The molecule has 0 aliphatic carbocycles. The molecule has 0 saturated heterocycles. The maximum absolute atomic E-state index is 14.8. The second kappa shape index (κ2) is 8.67. The number of hydrogen-bond donors (Lipinski definition) is 2. The highest BCUT2D eigenvalue weighted by molar-refractivity contribution is 5.84. The molecule has 4 rings (SSSR count). The van der Waals surface area contributed by atoms with Gasteiger partial charge in [-0.15, -0.1) is 0 Å². The fourth-order valence-electron chi connectivity index (χ4n) is 4.29. The van der Waals surface area contributed by atoms with E-state index in [1.807, 2.05) is 0 Å². The van der Waals surface area contributed by atoms with Crippen molar-refractivity contribution in [2.45, 2.75) is 18.4 Å². The van der Waals surface area contributed by atoms with Gasteiger partial charge in [-0.1, -0.05) is 12.1 Å². The molecule has 2 aromatic rings. The Bertz CT molecular complexity index is 1260. The molecule has 1 unspecified atom stereocenters. The zero-order valence-electron chi connectivity index (χ0n) is 18.0. The van der Waals surface area contributed by atoms with Crippen molar-refractivity contribution in [1.82, 2.24) is 10.2 Å². The van der Waals surface area contributed by atoms with E-state index in [1.165, 1.54) is 0 Å². The summed E-state index contributed by atoms with van der Waals surface area (Å²) in [5.41, 5.74) is 2.19. The Morgan fingerprint density at radius 1 is 0.943 bits per heavy atom. The van der Waals surface area contributed by atoms with Crippen LogP contribution in [0.5, 0.6) is 0 Å². The molecule has 35 heavy (non-hydrogen) atoms. The van der Waals surface area contributed by atoms with Gasteiger partial charge in [0.25, 0.3) is 0 Å². The predicted octanol–water partition coefficient (Wildman–Crippen LogP) is 5.24. The number of benzene rings is 2. The van der Waals surface area contributed by atoms with Crippen LogP contribution >= 0.6 is 0 Å². The Hall–Kier alpha value is -3.41. The summed E-state index contributed by atoms with van der Waals surface area (Å²) < 4.78 is 111. The molecule has 4 nitrogen and oxygen atoms in total. The highest BCUT2D eigenvalue weighted by Gasteiger charge is 2.41. The average molecular weight is 502 g/mol. The number of nitrogens with zero attached hydrogens (tertiary/aromatic N) is 2. The molecule has 2 aliphatic heterocycles. The van der Waals surface area contributed by atoms with Crippen LogP contribution in [0, 0.1) is 11.6 Å². The van der Waals surface area contributed by atoms with Crippen LogP contribution in [0.4, 0.5) is 35.1 Å². The summed E-state index contributed by atoms with van der Waals surface area (Å²) in [4.78, 5) is 5.58. The monoisotopic (exact) mass is 502 g/mol. The quantitative estimate of drug-likeness (QED) is 0.552. The van der Waals surface area contributed by atoms with E-state index >= 15 is 0 Å². The summed E-state index contributed by atoms with van der Waals surface area (Å²) in [5, 5.41) is 2.67. The first-order valence-electron chi connectivity index (χ1n) is 10.2. The minimum absolute atomic E-state index is 0.0101. The van der Waals surface area contributed by atoms with Crippen LogP contribution in [0.25, 0.3) is 6.08 Å². The van der Waals surface area contributed by atoms with Gasteiger partial charge >= 0.3 is 12.4 Å². The van der Waals surface area contributed by atoms with Crippen LogP contribution in [0.15, 0.2) is 58.2 Å². The molecule has 2 aromatic carbocycles. The van der Waals surface area contributed by atoms with E-state index in [0.29, 0.717) is 6.07 Å². The molecule has 0 radical (unpaired) electrons. The molecule has 2 heterocycles. The van der Waals surface area contributed by atoms with Crippen LogP contribution < -0.4 is 11.1 Å². The fourth-order valence-corrected chi connectivity index (χ4v) is 4.29. The molecular formula is C23H18F8N4. The molecule has 2 aliphatic rings. The third kappa shape index (κ3) is 4.75. The van der Waals surface area contributed by atoms with Crippen molar-refractivity contribution >= 4 is 12.0 Å². The van der Waals surface area contributed by atoms with Crippen molar-refractivity contribution in [3.8, 4) is 0 Å². The number of likely N-dealkylation sites (N-methyl/N-ethyl adjacent to an activating group) is 1. The molecule has 0 spiro atoms. The molecule has 0 aromatic heterocycles. The Labute approximate surface area is 194 Å². The first-order valence-corrected chi connectivity index (χ1v) is 10.2. The minimum Gasteiger partial charge on any atom is -0.370 e. The standard InChI is InChI=1S/C23H18F8N4/c1-35-9-11(8-12-14(22(26,27)28)4-2-6-16(12)24)19-13(10-35)20(34-21(32)33-19)18-15(23(29,30)31)5-3-7-17(18)25/h2-8,20H,9-10H2,1H3,(H3,32,33,34)/b11-8+. The summed E-state index contributed by atoms with van der Waals surface area (Å²) in [6.07, 6.45) is -8.79. The number of nitrogens with one attached hydrogen (secondary N) is 1. The minimum atomic E-state index is -4.90. The van der Waals surface area contributed by atoms with Crippen LogP contribution in [-0.2, 0) is 12.4 Å². The molecule has 0 fully saturated rings. The first kappa shape index (κ1) is 24.7. The van der Waals surface area contributed by atoms with E-state index in [-0.39, 0.29) is 35.9 Å². The van der Waals surface area contributed by atoms with E-state index in [1.54, 1.807) is 11.9 Å². The van der Waals surface area contributed by atoms with Gasteiger partial charge in [-0.3, -0.25) is 4.90 Å². The molecule has 12 heteroatoms. The topological polar surface area (TPSA) is 53.6 Å². The summed E-state index contributed by atoms with van der Waals surface area (Å²) >= 11 is 0. The van der Waals surface area contributed by atoms with E-state index in [9.17, 15) is 35.1 Å². The number of guanidine groups is 1. The number of nitrogens with two attached hydrogens (primary N) is 1.